The molecule has 0 fully saturated rings. The molecule has 110 valence electrons. The SMILES string of the molecule is COC(=O)c1ccccc1N(C)Cc1ccc(Cl)nc1Cl. The summed E-state index contributed by atoms with van der Waals surface area (Å²) in [5.41, 5.74) is 2.08. The molecule has 0 saturated heterocycles. The molecule has 0 unspecified atom stereocenters. The first-order valence-electron chi connectivity index (χ1n) is 6.22. The predicted molar refractivity (Wildman–Crippen MR) is 84.1 cm³/mol. The van der Waals surface area contributed by atoms with Crippen molar-refractivity contribution in [3.05, 3.63) is 57.8 Å². The van der Waals surface area contributed by atoms with Crippen molar-refractivity contribution < 1.29 is 9.53 Å². The lowest BCUT2D eigenvalue weighted by atomic mass is 10.1. The number of carbonyl (C=O) groups excluding carboxylic acids is 1. The Bertz CT molecular complexity index is 662. The summed E-state index contributed by atoms with van der Waals surface area (Å²) in [6.07, 6.45) is 0. The van der Waals surface area contributed by atoms with Gasteiger partial charge in [-0.25, -0.2) is 9.78 Å². The van der Waals surface area contributed by atoms with Gasteiger partial charge in [0.15, 0.2) is 0 Å². The summed E-state index contributed by atoms with van der Waals surface area (Å²) in [5, 5.41) is 0.700. The van der Waals surface area contributed by atoms with E-state index in [1.165, 1.54) is 7.11 Å². The van der Waals surface area contributed by atoms with Gasteiger partial charge in [-0.05, 0) is 18.2 Å². The maximum atomic E-state index is 11.8. The van der Waals surface area contributed by atoms with Crippen LogP contribution >= 0.6 is 23.2 Å². The summed E-state index contributed by atoms with van der Waals surface area (Å²) in [6, 6.07) is 10.7. The number of hydrogen-bond donors (Lipinski definition) is 0. The Kier molecular flexibility index (Phi) is 5.04. The van der Waals surface area contributed by atoms with Crippen molar-refractivity contribution in [2.45, 2.75) is 6.54 Å². The van der Waals surface area contributed by atoms with Crippen LogP contribution in [0.4, 0.5) is 5.69 Å². The highest BCUT2D eigenvalue weighted by atomic mass is 35.5. The first-order chi connectivity index (χ1) is 10.0. The van der Waals surface area contributed by atoms with E-state index >= 15 is 0 Å². The molecule has 0 aliphatic rings. The van der Waals surface area contributed by atoms with Crippen molar-refractivity contribution in [3.8, 4) is 0 Å². The normalized spacial score (nSPS) is 10.3. The number of nitrogens with zero attached hydrogens (tertiary/aromatic N) is 2. The van der Waals surface area contributed by atoms with Gasteiger partial charge in [0.25, 0.3) is 0 Å². The van der Waals surface area contributed by atoms with Gasteiger partial charge in [-0.2, -0.15) is 0 Å². The first kappa shape index (κ1) is 15.6. The second-order valence-electron chi connectivity index (χ2n) is 4.45. The second-order valence-corrected chi connectivity index (χ2v) is 5.19. The summed E-state index contributed by atoms with van der Waals surface area (Å²) in [5.74, 6) is -0.377. The van der Waals surface area contributed by atoms with Gasteiger partial charge in [-0.3, -0.25) is 0 Å². The van der Waals surface area contributed by atoms with Crippen molar-refractivity contribution in [3.63, 3.8) is 0 Å². The highest BCUT2D eigenvalue weighted by Crippen LogP contribution is 2.24. The van der Waals surface area contributed by atoms with E-state index < -0.39 is 0 Å². The molecule has 2 rings (SSSR count). The lowest BCUT2D eigenvalue weighted by Crippen LogP contribution is -2.20. The van der Waals surface area contributed by atoms with E-state index in [1.807, 2.05) is 30.1 Å². The fourth-order valence-corrected chi connectivity index (χ4v) is 2.39. The Morgan fingerprint density at radius 1 is 1.24 bits per heavy atom. The second kappa shape index (κ2) is 6.78. The smallest absolute Gasteiger partial charge is 0.339 e. The average Bonchev–Trinajstić information content (AvgIpc) is 2.49. The van der Waals surface area contributed by atoms with Crippen LogP contribution in [0.25, 0.3) is 0 Å². The van der Waals surface area contributed by atoms with Crippen LogP contribution in [0.3, 0.4) is 0 Å². The highest BCUT2D eigenvalue weighted by molar-refractivity contribution is 6.32. The van der Waals surface area contributed by atoms with E-state index in [-0.39, 0.29) is 5.97 Å². The molecular formula is C15H14Cl2N2O2. The molecule has 0 aliphatic heterocycles. The zero-order valence-electron chi connectivity index (χ0n) is 11.6. The number of aromatic nitrogens is 1. The lowest BCUT2D eigenvalue weighted by molar-refractivity contribution is 0.0601. The minimum atomic E-state index is -0.377. The molecule has 0 spiro atoms. The number of methoxy groups -OCH3 is 1. The van der Waals surface area contributed by atoms with E-state index in [4.69, 9.17) is 27.9 Å². The number of para-hydroxylation sites is 1. The zero-order valence-corrected chi connectivity index (χ0v) is 13.1. The van der Waals surface area contributed by atoms with Crippen LogP contribution in [0.5, 0.6) is 0 Å². The van der Waals surface area contributed by atoms with Gasteiger partial charge in [-0.1, -0.05) is 41.4 Å². The molecule has 0 saturated carbocycles. The van der Waals surface area contributed by atoms with Crippen LogP contribution in [0, 0.1) is 0 Å². The predicted octanol–water partition coefficient (Wildman–Crippen LogP) is 3.81. The summed E-state index contributed by atoms with van der Waals surface area (Å²) in [6.45, 7) is 0.497. The minimum Gasteiger partial charge on any atom is -0.465 e. The Labute approximate surface area is 133 Å². The Balaban J connectivity index is 2.28. The van der Waals surface area contributed by atoms with Crippen molar-refractivity contribution in [2.75, 3.05) is 19.1 Å². The van der Waals surface area contributed by atoms with Gasteiger partial charge < -0.3 is 9.64 Å². The molecule has 0 atom stereocenters. The number of pyridine rings is 1. The quantitative estimate of drug-likeness (QED) is 0.633. The van der Waals surface area contributed by atoms with Gasteiger partial charge in [0.1, 0.15) is 10.3 Å². The number of carbonyl (C=O) groups is 1. The number of anilines is 1. The van der Waals surface area contributed by atoms with Crippen molar-refractivity contribution in [2.24, 2.45) is 0 Å². The van der Waals surface area contributed by atoms with Gasteiger partial charge in [0.05, 0.1) is 18.4 Å². The third-order valence-electron chi connectivity index (χ3n) is 3.02. The summed E-state index contributed by atoms with van der Waals surface area (Å²) < 4.78 is 4.80. The summed E-state index contributed by atoms with van der Waals surface area (Å²) in [7, 11) is 3.23. The van der Waals surface area contributed by atoms with E-state index in [1.54, 1.807) is 18.2 Å². The van der Waals surface area contributed by atoms with Crippen molar-refractivity contribution >= 4 is 34.9 Å². The Hall–Kier alpha value is -1.78. The maximum Gasteiger partial charge on any atom is 0.339 e. The number of halogens is 2. The van der Waals surface area contributed by atoms with Gasteiger partial charge in [-0.15, -0.1) is 0 Å². The fraction of sp³-hybridized carbons (Fsp3) is 0.200. The van der Waals surface area contributed by atoms with Crippen LogP contribution in [0.1, 0.15) is 15.9 Å². The molecule has 0 bridgehead atoms. The van der Waals surface area contributed by atoms with Gasteiger partial charge in [0, 0.05) is 19.2 Å². The number of esters is 1. The van der Waals surface area contributed by atoms with E-state index in [0.29, 0.717) is 22.4 Å². The first-order valence-corrected chi connectivity index (χ1v) is 6.98. The molecular weight excluding hydrogens is 311 g/mol. The zero-order chi connectivity index (χ0) is 15.4. The standard InChI is InChI=1S/C15H14Cl2N2O2/c1-19(9-10-7-8-13(16)18-14(10)17)12-6-4-3-5-11(12)15(20)21-2/h3-8H,9H2,1-2H3. The molecule has 0 radical (unpaired) electrons. The molecule has 1 aromatic heterocycles. The maximum absolute atomic E-state index is 11.8. The molecule has 1 heterocycles. The van der Waals surface area contributed by atoms with Crippen molar-refractivity contribution in [1.82, 2.24) is 4.98 Å². The molecule has 21 heavy (non-hydrogen) atoms. The highest BCUT2D eigenvalue weighted by Gasteiger charge is 2.15. The lowest BCUT2D eigenvalue weighted by Gasteiger charge is -2.22. The van der Waals surface area contributed by atoms with E-state index in [0.717, 1.165) is 11.3 Å². The third-order valence-corrected chi connectivity index (χ3v) is 3.56. The number of ether oxygens (including phenoxy) is 1. The van der Waals surface area contributed by atoms with E-state index in [2.05, 4.69) is 4.98 Å². The van der Waals surface area contributed by atoms with Gasteiger partial charge >= 0.3 is 5.97 Å². The molecule has 0 aliphatic carbocycles. The molecule has 0 N–H and O–H groups in total. The van der Waals surface area contributed by atoms with Gasteiger partial charge in [0.2, 0.25) is 0 Å². The molecule has 0 amide bonds. The fourth-order valence-electron chi connectivity index (χ4n) is 1.99. The van der Waals surface area contributed by atoms with Crippen LogP contribution in [-0.4, -0.2) is 25.1 Å². The van der Waals surface area contributed by atoms with Crippen LogP contribution < -0.4 is 4.90 Å². The van der Waals surface area contributed by atoms with Crippen molar-refractivity contribution in [1.29, 1.82) is 0 Å². The Morgan fingerprint density at radius 2 is 1.95 bits per heavy atom. The number of benzene rings is 1. The van der Waals surface area contributed by atoms with Crippen LogP contribution in [0.15, 0.2) is 36.4 Å². The third kappa shape index (κ3) is 3.65. The largest absolute Gasteiger partial charge is 0.465 e. The monoisotopic (exact) mass is 324 g/mol. The summed E-state index contributed by atoms with van der Waals surface area (Å²) >= 11 is 11.9. The topological polar surface area (TPSA) is 42.4 Å². The minimum absolute atomic E-state index is 0.348. The van der Waals surface area contributed by atoms with Crippen LogP contribution in [0.2, 0.25) is 10.3 Å². The van der Waals surface area contributed by atoms with E-state index in [9.17, 15) is 4.79 Å². The number of rotatable bonds is 4. The average molecular weight is 325 g/mol. The molecule has 4 nitrogen and oxygen atoms in total. The summed E-state index contributed by atoms with van der Waals surface area (Å²) in [4.78, 5) is 17.7. The number of hydrogen-bond acceptors (Lipinski definition) is 4. The Morgan fingerprint density at radius 3 is 2.62 bits per heavy atom. The molecule has 1 aromatic carbocycles. The molecule has 6 heteroatoms. The van der Waals surface area contributed by atoms with Crippen LogP contribution in [-0.2, 0) is 11.3 Å². The molecule has 2 aromatic rings.